The topological polar surface area (TPSA) is 12.0 Å². The first-order valence-corrected chi connectivity index (χ1v) is 7.96. The van der Waals surface area contributed by atoms with Crippen LogP contribution < -0.4 is 5.32 Å². The summed E-state index contributed by atoms with van der Waals surface area (Å²) in [5.74, 6) is 0.718. The molecule has 0 spiro atoms. The lowest BCUT2D eigenvalue weighted by atomic mass is 10.0. The van der Waals surface area contributed by atoms with Crippen LogP contribution in [0.4, 0.5) is 0 Å². The molecule has 2 heteroatoms. The molecule has 0 unspecified atom stereocenters. The Bertz CT molecular complexity index is 531. The number of hydrogen-bond donors (Lipinski definition) is 1. The van der Waals surface area contributed by atoms with Gasteiger partial charge in [-0.15, -0.1) is 0 Å². The molecule has 0 saturated carbocycles. The lowest BCUT2D eigenvalue weighted by Gasteiger charge is -2.08. The van der Waals surface area contributed by atoms with E-state index in [1.807, 2.05) is 0 Å². The molecule has 0 aromatic heterocycles. The van der Waals surface area contributed by atoms with Crippen LogP contribution in [0.1, 0.15) is 30.5 Å². The van der Waals surface area contributed by atoms with Crippen molar-refractivity contribution in [3.8, 4) is 0 Å². The van der Waals surface area contributed by atoms with E-state index in [4.69, 9.17) is 0 Å². The largest absolute Gasteiger partial charge is 0.309 e. The van der Waals surface area contributed by atoms with Gasteiger partial charge in [-0.05, 0) is 41.2 Å². The van der Waals surface area contributed by atoms with Gasteiger partial charge in [-0.3, -0.25) is 0 Å². The standard InChI is InChI=1S/C18H22BrN/c1-14(2)10-15-6-8-16(9-7-15)12-20-13-17-4-3-5-18(19)11-17/h3-9,11,14,20H,10,12-13H2,1-2H3. The minimum Gasteiger partial charge on any atom is -0.309 e. The van der Waals surface area contributed by atoms with Crippen LogP contribution in [-0.4, -0.2) is 0 Å². The zero-order valence-corrected chi connectivity index (χ0v) is 13.8. The first-order chi connectivity index (χ1) is 9.63. The van der Waals surface area contributed by atoms with E-state index in [0.717, 1.165) is 29.9 Å². The summed E-state index contributed by atoms with van der Waals surface area (Å²) in [6.45, 7) is 6.32. The highest BCUT2D eigenvalue weighted by Crippen LogP contribution is 2.12. The third kappa shape index (κ3) is 5.10. The van der Waals surface area contributed by atoms with Gasteiger partial charge in [0.05, 0.1) is 0 Å². The summed E-state index contributed by atoms with van der Waals surface area (Å²) in [4.78, 5) is 0. The summed E-state index contributed by atoms with van der Waals surface area (Å²) in [5, 5.41) is 3.48. The van der Waals surface area contributed by atoms with Crippen LogP contribution >= 0.6 is 15.9 Å². The fraction of sp³-hybridized carbons (Fsp3) is 0.333. The Hall–Kier alpha value is -1.12. The van der Waals surface area contributed by atoms with Crippen molar-refractivity contribution in [1.29, 1.82) is 0 Å². The van der Waals surface area contributed by atoms with Crippen molar-refractivity contribution in [2.24, 2.45) is 5.92 Å². The Kier molecular flexibility index (Phi) is 5.81. The van der Waals surface area contributed by atoms with Crippen molar-refractivity contribution < 1.29 is 0 Å². The molecule has 106 valence electrons. The van der Waals surface area contributed by atoms with Crippen LogP contribution in [0.25, 0.3) is 0 Å². The molecule has 1 N–H and O–H groups in total. The molecule has 0 atom stereocenters. The van der Waals surface area contributed by atoms with Gasteiger partial charge in [-0.2, -0.15) is 0 Å². The van der Waals surface area contributed by atoms with Crippen LogP contribution in [-0.2, 0) is 19.5 Å². The van der Waals surface area contributed by atoms with Gasteiger partial charge in [-0.25, -0.2) is 0 Å². The van der Waals surface area contributed by atoms with Crippen LogP contribution in [0.15, 0.2) is 53.0 Å². The number of nitrogens with one attached hydrogen (secondary N) is 1. The molecule has 0 aliphatic carbocycles. The molecule has 0 bridgehead atoms. The predicted molar refractivity (Wildman–Crippen MR) is 89.7 cm³/mol. The average Bonchev–Trinajstić information content (AvgIpc) is 2.40. The SMILES string of the molecule is CC(C)Cc1ccc(CNCc2cccc(Br)c2)cc1. The molecule has 20 heavy (non-hydrogen) atoms. The number of hydrogen-bond acceptors (Lipinski definition) is 1. The fourth-order valence-electron chi connectivity index (χ4n) is 2.26. The summed E-state index contributed by atoms with van der Waals surface area (Å²) in [6, 6.07) is 17.4. The van der Waals surface area contributed by atoms with Gasteiger partial charge < -0.3 is 5.32 Å². The van der Waals surface area contributed by atoms with Gasteiger partial charge in [-0.1, -0.05) is 66.2 Å². The Morgan fingerprint density at radius 2 is 1.55 bits per heavy atom. The molecule has 0 heterocycles. The first-order valence-electron chi connectivity index (χ1n) is 7.16. The van der Waals surface area contributed by atoms with Crippen molar-refractivity contribution in [3.05, 3.63) is 69.7 Å². The van der Waals surface area contributed by atoms with Gasteiger partial charge >= 0.3 is 0 Å². The molecule has 0 fully saturated rings. The van der Waals surface area contributed by atoms with E-state index < -0.39 is 0 Å². The maximum absolute atomic E-state index is 3.50. The van der Waals surface area contributed by atoms with Crippen molar-refractivity contribution in [2.45, 2.75) is 33.4 Å². The van der Waals surface area contributed by atoms with E-state index in [0.29, 0.717) is 0 Å². The summed E-state index contributed by atoms with van der Waals surface area (Å²) < 4.78 is 1.13. The molecule has 0 amide bonds. The quantitative estimate of drug-likeness (QED) is 0.790. The predicted octanol–water partition coefficient (Wildman–Crippen LogP) is 4.94. The highest BCUT2D eigenvalue weighted by Gasteiger charge is 1.99. The second-order valence-electron chi connectivity index (χ2n) is 5.65. The van der Waals surface area contributed by atoms with E-state index in [1.54, 1.807) is 0 Å². The third-order valence-corrected chi connectivity index (χ3v) is 3.71. The monoisotopic (exact) mass is 331 g/mol. The second kappa shape index (κ2) is 7.61. The summed E-state index contributed by atoms with van der Waals surface area (Å²) in [6.07, 6.45) is 1.16. The highest BCUT2D eigenvalue weighted by molar-refractivity contribution is 9.10. The molecular weight excluding hydrogens is 310 g/mol. The lowest BCUT2D eigenvalue weighted by molar-refractivity contribution is 0.646. The smallest absolute Gasteiger partial charge is 0.0209 e. The van der Waals surface area contributed by atoms with Gasteiger partial charge in [0.2, 0.25) is 0 Å². The molecular formula is C18H22BrN. The third-order valence-electron chi connectivity index (χ3n) is 3.21. The minimum absolute atomic E-state index is 0.718. The normalized spacial score (nSPS) is 11.0. The van der Waals surface area contributed by atoms with Crippen molar-refractivity contribution in [1.82, 2.24) is 5.32 Å². The van der Waals surface area contributed by atoms with Gasteiger partial charge in [0, 0.05) is 17.6 Å². The Balaban J connectivity index is 1.82. The Labute approximate surface area is 130 Å². The average molecular weight is 332 g/mol. The zero-order chi connectivity index (χ0) is 14.4. The van der Waals surface area contributed by atoms with E-state index in [-0.39, 0.29) is 0 Å². The van der Waals surface area contributed by atoms with Crippen LogP contribution in [0.3, 0.4) is 0 Å². The molecule has 0 radical (unpaired) electrons. The van der Waals surface area contributed by atoms with Gasteiger partial charge in [0.25, 0.3) is 0 Å². The minimum atomic E-state index is 0.718. The van der Waals surface area contributed by atoms with Crippen LogP contribution in [0, 0.1) is 5.92 Å². The summed E-state index contributed by atoms with van der Waals surface area (Å²) in [5.41, 5.74) is 4.07. The fourth-order valence-corrected chi connectivity index (χ4v) is 2.71. The first kappa shape index (κ1) is 15.3. The van der Waals surface area contributed by atoms with E-state index in [1.165, 1.54) is 16.7 Å². The lowest BCUT2D eigenvalue weighted by Crippen LogP contribution is -2.12. The molecule has 0 aliphatic heterocycles. The van der Waals surface area contributed by atoms with Crippen LogP contribution in [0.2, 0.25) is 0 Å². The van der Waals surface area contributed by atoms with E-state index >= 15 is 0 Å². The summed E-state index contributed by atoms with van der Waals surface area (Å²) >= 11 is 3.50. The number of rotatable bonds is 6. The molecule has 2 aromatic carbocycles. The van der Waals surface area contributed by atoms with Gasteiger partial charge in [0.1, 0.15) is 0 Å². The van der Waals surface area contributed by atoms with Crippen molar-refractivity contribution in [2.75, 3.05) is 0 Å². The zero-order valence-electron chi connectivity index (χ0n) is 12.2. The number of benzene rings is 2. The summed E-state index contributed by atoms with van der Waals surface area (Å²) in [7, 11) is 0. The number of halogens is 1. The molecule has 0 aliphatic rings. The van der Waals surface area contributed by atoms with Crippen LogP contribution in [0.5, 0.6) is 0 Å². The van der Waals surface area contributed by atoms with E-state index in [2.05, 4.69) is 83.6 Å². The molecule has 2 aromatic rings. The molecule has 2 rings (SSSR count). The second-order valence-corrected chi connectivity index (χ2v) is 6.56. The Morgan fingerprint density at radius 3 is 2.20 bits per heavy atom. The van der Waals surface area contributed by atoms with Crippen molar-refractivity contribution >= 4 is 15.9 Å². The van der Waals surface area contributed by atoms with Crippen molar-refractivity contribution in [3.63, 3.8) is 0 Å². The highest BCUT2D eigenvalue weighted by atomic mass is 79.9. The van der Waals surface area contributed by atoms with Gasteiger partial charge in [0.15, 0.2) is 0 Å². The maximum Gasteiger partial charge on any atom is 0.0209 e. The molecule has 0 saturated heterocycles. The Morgan fingerprint density at radius 1 is 0.900 bits per heavy atom. The van der Waals surface area contributed by atoms with E-state index in [9.17, 15) is 0 Å². The maximum atomic E-state index is 3.50. The molecule has 1 nitrogen and oxygen atoms in total.